The summed E-state index contributed by atoms with van der Waals surface area (Å²) in [6, 6.07) is 10.3. The molecule has 4 nitrogen and oxygen atoms in total. The fraction of sp³-hybridized carbons (Fsp3) is 0.143. The molecule has 6 heteroatoms. The van der Waals surface area contributed by atoms with E-state index in [-0.39, 0.29) is 12.5 Å². The van der Waals surface area contributed by atoms with E-state index in [2.05, 4.69) is 10.3 Å². The number of carbonyl (C=O) groups is 1. The zero-order valence-electron chi connectivity index (χ0n) is 10.5. The molecule has 1 aromatic heterocycles. The van der Waals surface area contributed by atoms with Crippen LogP contribution in [0.15, 0.2) is 42.6 Å². The second-order valence-corrected chi connectivity index (χ2v) is 4.69. The molecule has 0 aliphatic heterocycles. The Morgan fingerprint density at radius 2 is 1.90 bits per heavy atom. The van der Waals surface area contributed by atoms with Crippen LogP contribution < -0.4 is 10.1 Å². The standard InChI is InChI=1S/C14H12Cl2N2O2/c15-11-5-2-1-4-10(11)13(19)17-8-9-20-14-12(16)6-3-7-18-14/h1-7H,8-9H2,(H,17,19). The fourth-order valence-corrected chi connectivity index (χ4v) is 1.93. The summed E-state index contributed by atoms with van der Waals surface area (Å²) in [6.07, 6.45) is 1.59. The van der Waals surface area contributed by atoms with Crippen LogP contribution in [0.5, 0.6) is 5.88 Å². The SMILES string of the molecule is O=C(NCCOc1ncccc1Cl)c1ccccc1Cl. The van der Waals surface area contributed by atoms with E-state index in [1.54, 1.807) is 42.6 Å². The highest BCUT2D eigenvalue weighted by Gasteiger charge is 2.08. The highest BCUT2D eigenvalue weighted by molar-refractivity contribution is 6.33. The topological polar surface area (TPSA) is 51.2 Å². The number of nitrogens with one attached hydrogen (secondary N) is 1. The lowest BCUT2D eigenvalue weighted by Crippen LogP contribution is -2.28. The molecular weight excluding hydrogens is 299 g/mol. The summed E-state index contributed by atoms with van der Waals surface area (Å²) in [6.45, 7) is 0.601. The molecule has 2 aromatic rings. The average molecular weight is 311 g/mol. The zero-order chi connectivity index (χ0) is 14.4. The van der Waals surface area contributed by atoms with Gasteiger partial charge in [0, 0.05) is 6.20 Å². The molecule has 1 amide bonds. The molecule has 0 saturated carbocycles. The first kappa shape index (κ1) is 14.6. The number of rotatable bonds is 5. The van der Waals surface area contributed by atoms with Crippen LogP contribution in [0, 0.1) is 0 Å². The largest absolute Gasteiger partial charge is 0.475 e. The molecule has 0 bridgehead atoms. The minimum Gasteiger partial charge on any atom is -0.475 e. The van der Waals surface area contributed by atoms with E-state index >= 15 is 0 Å². The van der Waals surface area contributed by atoms with Crippen LogP contribution in [0.25, 0.3) is 0 Å². The molecule has 1 heterocycles. The van der Waals surface area contributed by atoms with E-state index in [0.29, 0.717) is 28.0 Å². The van der Waals surface area contributed by atoms with E-state index in [9.17, 15) is 4.79 Å². The van der Waals surface area contributed by atoms with Crippen molar-refractivity contribution in [3.05, 3.63) is 58.2 Å². The van der Waals surface area contributed by atoms with Gasteiger partial charge in [0.05, 0.1) is 17.1 Å². The number of hydrogen-bond acceptors (Lipinski definition) is 3. The Bertz CT molecular complexity index is 605. The van der Waals surface area contributed by atoms with Gasteiger partial charge in [-0.3, -0.25) is 4.79 Å². The summed E-state index contributed by atoms with van der Waals surface area (Å²) >= 11 is 11.8. The number of aromatic nitrogens is 1. The van der Waals surface area contributed by atoms with Crippen molar-refractivity contribution >= 4 is 29.1 Å². The van der Waals surface area contributed by atoms with E-state index in [4.69, 9.17) is 27.9 Å². The van der Waals surface area contributed by atoms with Gasteiger partial charge >= 0.3 is 0 Å². The van der Waals surface area contributed by atoms with Crippen molar-refractivity contribution in [1.29, 1.82) is 0 Å². The maximum Gasteiger partial charge on any atom is 0.252 e. The minimum absolute atomic E-state index is 0.244. The van der Waals surface area contributed by atoms with E-state index < -0.39 is 0 Å². The summed E-state index contributed by atoms with van der Waals surface area (Å²) in [4.78, 5) is 15.8. The van der Waals surface area contributed by atoms with Crippen molar-refractivity contribution < 1.29 is 9.53 Å². The predicted molar refractivity (Wildman–Crippen MR) is 78.5 cm³/mol. The van der Waals surface area contributed by atoms with Gasteiger partial charge in [0.1, 0.15) is 11.6 Å². The number of benzene rings is 1. The maximum absolute atomic E-state index is 11.9. The number of pyridine rings is 1. The normalized spacial score (nSPS) is 10.1. The fourth-order valence-electron chi connectivity index (χ4n) is 1.53. The number of ether oxygens (including phenoxy) is 1. The second kappa shape index (κ2) is 7.12. The molecule has 0 spiro atoms. The predicted octanol–water partition coefficient (Wildman–Crippen LogP) is 3.20. The Balaban J connectivity index is 1.81. The van der Waals surface area contributed by atoms with Gasteiger partial charge in [-0.1, -0.05) is 35.3 Å². The quantitative estimate of drug-likeness (QED) is 0.863. The molecule has 0 aliphatic carbocycles. The molecule has 1 aromatic carbocycles. The Labute approximate surface area is 126 Å². The lowest BCUT2D eigenvalue weighted by atomic mass is 10.2. The van der Waals surface area contributed by atoms with Gasteiger partial charge < -0.3 is 10.1 Å². The average Bonchev–Trinajstić information content (AvgIpc) is 2.45. The number of carbonyl (C=O) groups excluding carboxylic acids is 1. The molecule has 104 valence electrons. The van der Waals surface area contributed by atoms with Crippen LogP contribution in [0.3, 0.4) is 0 Å². The number of nitrogens with zero attached hydrogens (tertiary/aromatic N) is 1. The Morgan fingerprint density at radius 1 is 1.15 bits per heavy atom. The number of hydrogen-bond donors (Lipinski definition) is 1. The van der Waals surface area contributed by atoms with E-state index in [1.807, 2.05) is 0 Å². The highest BCUT2D eigenvalue weighted by Crippen LogP contribution is 2.19. The van der Waals surface area contributed by atoms with Crippen LogP contribution in [-0.2, 0) is 0 Å². The summed E-state index contributed by atoms with van der Waals surface area (Å²) in [5, 5.41) is 3.56. The van der Waals surface area contributed by atoms with Crippen LogP contribution in [-0.4, -0.2) is 24.0 Å². The third kappa shape index (κ3) is 3.85. The first-order valence-corrected chi connectivity index (χ1v) is 6.70. The molecule has 0 unspecified atom stereocenters. The third-order valence-electron chi connectivity index (χ3n) is 2.47. The maximum atomic E-state index is 11.9. The first-order valence-electron chi connectivity index (χ1n) is 5.94. The monoisotopic (exact) mass is 310 g/mol. The van der Waals surface area contributed by atoms with Crippen LogP contribution >= 0.6 is 23.2 Å². The van der Waals surface area contributed by atoms with E-state index in [1.165, 1.54) is 0 Å². The van der Waals surface area contributed by atoms with Crippen molar-refractivity contribution in [2.75, 3.05) is 13.2 Å². The second-order valence-electron chi connectivity index (χ2n) is 3.87. The lowest BCUT2D eigenvalue weighted by Gasteiger charge is -2.08. The van der Waals surface area contributed by atoms with Crippen molar-refractivity contribution in [2.45, 2.75) is 0 Å². The molecule has 0 fully saturated rings. The van der Waals surface area contributed by atoms with Crippen molar-refractivity contribution in [3.8, 4) is 5.88 Å². The molecule has 0 atom stereocenters. The Kier molecular flexibility index (Phi) is 5.21. The van der Waals surface area contributed by atoms with Gasteiger partial charge in [-0.25, -0.2) is 4.98 Å². The summed E-state index contributed by atoms with van der Waals surface area (Å²) in [5.74, 6) is 0.104. The Morgan fingerprint density at radius 3 is 2.65 bits per heavy atom. The Hall–Kier alpha value is -1.78. The molecule has 20 heavy (non-hydrogen) atoms. The van der Waals surface area contributed by atoms with Gasteiger partial charge in [0.2, 0.25) is 5.88 Å². The minimum atomic E-state index is -0.244. The summed E-state index contributed by atoms with van der Waals surface area (Å²) < 4.78 is 5.36. The van der Waals surface area contributed by atoms with Gasteiger partial charge in [0.25, 0.3) is 5.91 Å². The summed E-state index contributed by atoms with van der Waals surface area (Å²) in [7, 11) is 0. The van der Waals surface area contributed by atoms with Crippen LogP contribution in [0.2, 0.25) is 10.0 Å². The molecule has 0 aliphatic rings. The van der Waals surface area contributed by atoms with Crippen LogP contribution in [0.1, 0.15) is 10.4 Å². The zero-order valence-corrected chi connectivity index (χ0v) is 12.0. The number of amides is 1. The molecule has 0 saturated heterocycles. The smallest absolute Gasteiger partial charge is 0.252 e. The summed E-state index contributed by atoms with van der Waals surface area (Å²) in [5.41, 5.74) is 0.435. The van der Waals surface area contributed by atoms with Gasteiger partial charge in [-0.05, 0) is 24.3 Å². The van der Waals surface area contributed by atoms with Crippen molar-refractivity contribution in [3.63, 3.8) is 0 Å². The van der Waals surface area contributed by atoms with Gasteiger partial charge in [-0.15, -0.1) is 0 Å². The molecule has 2 rings (SSSR count). The molecule has 1 N–H and O–H groups in total. The lowest BCUT2D eigenvalue weighted by molar-refractivity contribution is 0.0947. The van der Waals surface area contributed by atoms with Crippen molar-refractivity contribution in [1.82, 2.24) is 10.3 Å². The van der Waals surface area contributed by atoms with Gasteiger partial charge in [-0.2, -0.15) is 0 Å². The third-order valence-corrected chi connectivity index (χ3v) is 3.09. The molecule has 0 radical (unpaired) electrons. The van der Waals surface area contributed by atoms with Gasteiger partial charge in [0.15, 0.2) is 0 Å². The first-order chi connectivity index (χ1) is 9.68. The van der Waals surface area contributed by atoms with E-state index in [0.717, 1.165) is 0 Å². The van der Waals surface area contributed by atoms with Crippen LogP contribution in [0.4, 0.5) is 0 Å². The number of halogens is 2. The van der Waals surface area contributed by atoms with Crippen molar-refractivity contribution in [2.24, 2.45) is 0 Å². The highest BCUT2D eigenvalue weighted by atomic mass is 35.5. The molecular formula is C14H12Cl2N2O2.